The van der Waals surface area contributed by atoms with E-state index in [1.165, 1.54) is 12.1 Å². The van der Waals surface area contributed by atoms with Crippen molar-refractivity contribution >= 4 is 11.0 Å². The number of hydrogen-bond donors (Lipinski definition) is 2. The predicted molar refractivity (Wildman–Crippen MR) is 97.4 cm³/mol. The normalized spacial score (nSPS) is 11.3. The first-order valence-corrected chi connectivity index (χ1v) is 8.43. The van der Waals surface area contributed by atoms with Crippen LogP contribution in [-0.4, -0.2) is 11.7 Å². The molecule has 0 unspecified atom stereocenters. The number of aromatic hydroxyl groups is 1. The van der Waals surface area contributed by atoms with Gasteiger partial charge in [-0.1, -0.05) is 0 Å². The summed E-state index contributed by atoms with van der Waals surface area (Å²) in [4.78, 5) is 0. The molecule has 5 heteroatoms. The van der Waals surface area contributed by atoms with Gasteiger partial charge < -0.3 is 19.3 Å². The molecule has 0 aliphatic heterocycles. The van der Waals surface area contributed by atoms with Crippen molar-refractivity contribution in [1.29, 1.82) is 0 Å². The molecule has 0 saturated carbocycles. The van der Waals surface area contributed by atoms with Crippen LogP contribution < -0.4 is 5.32 Å². The number of halogens is 1. The van der Waals surface area contributed by atoms with Gasteiger partial charge in [0, 0.05) is 10.9 Å². The highest BCUT2D eigenvalue weighted by atomic mass is 19.1. The lowest BCUT2D eigenvalue weighted by atomic mass is 10.1. The van der Waals surface area contributed by atoms with Crippen molar-refractivity contribution < 1.29 is 18.3 Å². The molecular formula is C21H18FNO3. The molecule has 0 atom stereocenters. The average Bonchev–Trinajstić information content (AvgIpc) is 3.26. The molecule has 2 N–H and O–H groups in total. The van der Waals surface area contributed by atoms with Crippen molar-refractivity contribution in [2.45, 2.75) is 13.0 Å². The lowest BCUT2D eigenvalue weighted by Gasteiger charge is -2.02. The Morgan fingerprint density at radius 2 is 1.85 bits per heavy atom. The molecule has 0 fully saturated rings. The number of hydrogen-bond acceptors (Lipinski definition) is 4. The van der Waals surface area contributed by atoms with E-state index in [2.05, 4.69) is 5.32 Å². The molecular weight excluding hydrogens is 333 g/mol. The zero-order valence-corrected chi connectivity index (χ0v) is 14.0. The fourth-order valence-corrected chi connectivity index (χ4v) is 2.94. The fourth-order valence-electron chi connectivity index (χ4n) is 2.94. The van der Waals surface area contributed by atoms with E-state index in [0.29, 0.717) is 12.1 Å². The van der Waals surface area contributed by atoms with Gasteiger partial charge in [-0.25, -0.2) is 4.39 Å². The third-order valence-electron chi connectivity index (χ3n) is 4.30. The fraction of sp³-hybridized carbons (Fsp3) is 0.143. The molecule has 4 rings (SSSR count). The second-order valence-corrected chi connectivity index (χ2v) is 6.14. The minimum absolute atomic E-state index is 0.230. The van der Waals surface area contributed by atoms with Gasteiger partial charge in [0.05, 0.1) is 12.8 Å². The quantitative estimate of drug-likeness (QED) is 0.487. The van der Waals surface area contributed by atoms with Crippen LogP contribution in [0.15, 0.2) is 69.7 Å². The first-order valence-electron chi connectivity index (χ1n) is 8.43. The summed E-state index contributed by atoms with van der Waals surface area (Å²) in [5.74, 6) is 1.56. The van der Waals surface area contributed by atoms with E-state index < -0.39 is 0 Å². The third-order valence-corrected chi connectivity index (χ3v) is 4.30. The minimum Gasteiger partial charge on any atom is -0.508 e. The highest BCUT2D eigenvalue weighted by Gasteiger charge is 2.08. The number of furan rings is 2. The first kappa shape index (κ1) is 16.4. The summed E-state index contributed by atoms with van der Waals surface area (Å²) in [7, 11) is 0. The summed E-state index contributed by atoms with van der Waals surface area (Å²) < 4.78 is 24.7. The third kappa shape index (κ3) is 3.48. The van der Waals surface area contributed by atoms with Gasteiger partial charge >= 0.3 is 0 Å². The maximum atomic E-state index is 13.4. The summed E-state index contributed by atoms with van der Waals surface area (Å²) in [6, 6.07) is 15.3. The summed E-state index contributed by atoms with van der Waals surface area (Å²) in [6.45, 7) is 1.32. The van der Waals surface area contributed by atoms with Crippen LogP contribution in [0.1, 0.15) is 11.3 Å². The maximum absolute atomic E-state index is 13.4. The molecule has 0 aliphatic carbocycles. The van der Waals surface area contributed by atoms with Crippen molar-refractivity contribution in [1.82, 2.24) is 5.32 Å². The van der Waals surface area contributed by atoms with Crippen LogP contribution in [0.4, 0.5) is 4.39 Å². The Hall–Kier alpha value is -3.05. The van der Waals surface area contributed by atoms with E-state index in [0.717, 1.165) is 41.0 Å². The molecule has 0 saturated heterocycles. The van der Waals surface area contributed by atoms with Crippen molar-refractivity contribution in [3.63, 3.8) is 0 Å². The lowest BCUT2D eigenvalue weighted by molar-refractivity contribution is 0.475. The van der Waals surface area contributed by atoms with Gasteiger partial charge in [0.25, 0.3) is 0 Å². The number of nitrogens with one attached hydrogen (secondary N) is 1. The lowest BCUT2D eigenvalue weighted by Crippen LogP contribution is -2.16. The number of fused-ring (bicyclic) bond motifs is 1. The van der Waals surface area contributed by atoms with E-state index in [1.807, 2.05) is 24.3 Å². The van der Waals surface area contributed by atoms with Crippen LogP contribution in [-0.2, 0) is 13.0 Å². The summed E-state index contributed by atoms with van der Waals surface area (Å²) in [5, 5.41) is 13.5. The second-order valence-electron chi connectivity index (χ2n) is 6.14. The molecule has 0 amide bonds. The second kappa shape index (κ2) is 7.06. The minimum atomic E-state index is -0.259. The summed E-state index contributed by atoms with van der Waals surface area (Å²) in [5.41, 5.74) is 2.60. The van der Waals surface area contributed by atoms with E-state index in [4.69, 9.17) is 8.83 Å². The molecule has 2 heterocycles. The van der Waals surface area contributed by atoms with Gasteiger partial charge in [0.2, 0.25) is 0 Å². The van der Waals surface area contributed by atoms with Crippen molar-refractivity contribution in [2.75, 3.05) is 6.54 Å². The highest BCUT2D eigenvalue weighted by molar-refractivity contribution is 5.81. The monoisotopic (exact) mass is 351 g/mol. The Labute approximate surface area is 149 Å². The molecule has 132 valence electrons. The molecule has 4 nitrogen and oxygen atoms in total. The number of rotatable bonds is 6. The SMILES string of the molecule is Oc1ccc(-c2ccc(CNCCc3coc4ccc(F)cc34)o2)cc1. The van der Waals surface area contributed by atoms with Crippen molar-refractivity contribution in [3.8, 4) is 17.1 Å². The summed E-state index contributed by atoms with van der Waals surface area (Å²) >= 11 is 0. The molecule has 0 bridgehead atoms. The zero-order chi connectivity index (χ0) is 17.9. The standard InChI is InChI=1S/C21H18FNO3/c22-16-3-7-21-19(11-16)15(13-25-21)9-10-23-12-18-6-8-20(26-18)14-1-4-17(24)5-2-14/h1-8,11,13,23-24H,9-10,12H2. The maximum Gasteiger partial charge on any atom is 0.134 e. The van der Waals surface area contributed by atoms with E-state index >= 15 is 0 Å². The molecule has 26 heavy (non-hydrogen) atoms. The number of phenolic OH excluding ortho intramolecular Hbond substituents is 1. The van der Waals surface area contributed by atoms with Gasteiger partial charge in [-0.2, -0.15) is 0 Å². The molecule has 0 aliphatic rings. The van der Waals surface area contributed by atoms with Crippen LogP contribution >= 0.6 is 0 Å². The van der Waals surface area contributed by atoms with Crippen LogP contribution in [0, 0.1) is 5.82 Å². The number of phenols is 1. The van der Waals surface area contributed by atoms with Gasteiger partial charge in [0.15, 0.2) is 0 Å². The van der Waals surface area contributed by atoms with Crippen LogP contribution in [0.25, 0.3) is 22.3 Å². The Balaban J connectivity index is 1.33. The average molecular weight is 351 g/mol. The van der Waals surface area contributed by atoms with Crippen molar-refractivity contribution in [2.24, 2.45) is 0 Å². The Bertz CT molecular complexity index is 1020. The Kier molecular flexibility index (Phi) is 4.46. The van der Waals surface area contributed by atoms with Gasteiger partial charge in [-0.05, 0) is 73.1 Å². The molecule has 2 aromatic heterocycles. The van der Waals surface area contributed by atoms with E-state index in [-0.39, 0.29) is 11.6 Å². The highest BCUT2D eigenvalue weighted by Crippen LogP contribution is 2.24. The molecule has 2 aromatic carbocycles. The van der Waals surface area contributed by atoms with Gasteiger partial charge in [0.1, 0.15) is 28.7 Å². The van der Waals surface area contributed by atoms with Crippen LogP contribution in [0.3, 0.4) is 0 Å². The molecule has 0 spiro atoms. The first-order chi connectivity index (χ1) is 12.7. The zero-order valence-electron chi connectivity index (χ0n) is 14.0. The molecule has 4 aromatic rings. The largest absolute Gasteiger partial charge is 0.508 e. The smallest absolute Gasteiger partial charge is 0.134 e. The van der Waals surface area contributed by atoms with Crippen LogP contribution in [0.5, 0.6) is 5.75 Å². The number of benzene rings is 2. The Morgan fingerprint density at radius 3 is 2.69 bits per heavy atom. The van der Waals surface area contributed by atoms with Crippen molar-refractivity contribution in [3.05, 3.63) is 78.0 Å². The van der Waals surface area contributed by atoms with E-state index in [9.17, 15) is 9.50 Å². The van der Waals surface area contributed by atoms with Gasteiger partial charge in [-0.15, -0.1) is 0 Å². The Morgan fingerprint density at radius 1 is 1.00 bits per heavy atom. The molecule has 0 radical (unpaired) electrons. The van der Waals surface area contributed by atoms with Gasteiger partial charge in [-0.3, -0.25) is 0 Å². The summed E-state index contributed by atoms with van der Waals surface area (Å²) in [6.07, 6.45) is 2.42. The van der Waals surface area contributed by atoms with E-state index in [1.54, 1.807) is 24.5 Å². The topological polar surface area (TPSA) is 58.5 Å². The van der Waals surface area contributed by atoms with Crippen LogP contribution in [0.2, 0.25) is 0 Å². The predicted octanol–water partition coefficient (Wildman–Crippen LogP) is 4.87.